The first-order valence-electron chi connectivity index (χ1n) is 4.04. The van der Waals surface area contributed by atoms with Gasteiger partial charge in [0.15, 0.2) is 0 Å². The van der Waals surface area contributed by atoms with Crippen molar-refractivity contribution in [2.24, 2.45) is 0 Å². The molecule has 0 saturated carbocycles. The number of benzene rings is 1. The second kappa shape index (κ2) is 3.02. The summed E-state index contributed by atoms with van der Waals surface area (Å²) < 4.78 is 0. The Bertz CT molecular complexity index is 490. The van der Waals surface area contributed by atoms with Crippen LogP contribution in [0.5, 0.6) is 5.75 Å². The van der Waals surface area contributed by atoms with Crippen molar-refractivity contribution in [3.8, 4) is 5.75 Å². The number of carboxylic acid groups (broad SMARTS) is 1. The zero-order valence-corrected chi connectivity index (χ0v) is 7.19. The first-order chi connectivity index (χ1) is 6.66. The zero-order valence-electron chi connectivity index (χ0n) is 7.19. The Morgan fingerprint density at radius 2 is 2.29 bits per heavy atom. The van der Waals surface area contributed by atoms with E-state index in [1.807, 2.05) is 0 Å². The molecule has 0 radical (unpaired) electrons. The first-order valence-corrected chi connectivity index (χ1v) is 4.04. The number of aromatic hydroxyl groups is 1. The summed E-state index contributed by atoms with van der Waals surface area (Å²) in [6.45, 7) is 0. The van der Waals surface area contributed by atoms with Crippen LogP contribution in [-0.4, -0.2) is 26.4 Å². The molecular weight excluding hydrogens is 184 g/mol. The van der Waals surface area contributed by atoms with Gasteiger partial charge < -0.3 is 10.2 Å². The Labute approximate surface area is 79.0 Å². The van der Waals surface area contributed by atoms with Gasteiger partial charge in [-0.3, -0.25) is 9.89 Å². The van der Waals surface area contributed by atoms with Gasteiger partial charge in [-0.1, -0.05) is 0 Å². The van der Waals surface area contributed by atoms with Crippen molar-refractivity contribution in [2.45, 2.75) is 6.42 Å². The minimum atomic E-state index is -0.913. The summed E-state index contributed by atoms with van der Waals surface area (Å²) in [4.78, 5) is 10.5. The molecule has 0 bridgehead atoms. The molecule has 1 aromatic heterocycles. The summed E-state index contributed by atoms with van der Waals surface area (Å²) in [5.74, 6) is -0.797. The SMILES string of the molecule is O=C(O)Cc1[nH]nc2cc(O)ccc12. The number of fused-ring (bicyclic) bond motifs is 1. The molecule has 72 valence electrons. The van der Waals surface area contributed by atoms with Gasteiger partial charge in [0.25, 0.3) is 0 Å². The van der Waals surface area contributed by atoms with Gasteiger partial charge in [-0.2, -0.15) is 5.10 Å². The molecule has 2 aromatic rings. The van der Waals surface area contributed by atoms with Crippen LogP contribution in [0.3, 0.4) is 0 Å². The summed E-state index contributed by atoms with van der Waals surface area (Å²) in [7, 11) is 0. The third-order valence-corrected chi connectivity index (χ3v) is 1.95. The molecule has 0 fully saturated rings. The fraction of sp³-hybridized carbons (Fsp3) is 0.111. The van der Waals surface area contributed by atoms with Crippen LogP contribution < -0.4 is 0 Å². The van der Waals surface area contributed by atoms with Crippen molar-refractivity contribution < 1.29 is 15.0 Å². The van der Waals surface area contributed by atoms with Crippen molar-refractivity contribution in [1.29, 1.82) is 0 Å². The predicted molar refractivity (Wildman–Crippen MR) is 49.1 cm³/mol. The normalized spacial score (nSPS) is 10.6. The number of carboxylic acids is 1. The molecule has 5 heteroatoms. The molecule has 0 spiro atoms. The van der Waals surface area contributed by atoms with E-state index in [0.717, 1.165) is 5.39 Å². The number of rotatable bonds is 2. The lowest BCUT2D eigenvalue weighted by molar-refractivity contribution is -0.136. The largest absolute Gasteiger partial charge is 0.508 e. The minimum absolute atomic E-state index is 0.0960. The van der Waals surface area contributed by atoms with Gasteiger partial charge in [0.05, 0.1) is 17.6 Å². The fourth-order valence-electron chi connectivity index (χ4n) is 1.34. The number of aliphatic carboxylic acids is 1. The van der Waals surface area contributed by atoms with Crippen molar-refractivity contribution in [3.05, 3.63) is 23.9 Å². The molecule has 0 unspecified atom stereocenters. The molecule has 0 saturated heterocycles. The zero-order chi connectivity index (χ0) is 10.1. The number of aromatic amines is 1. The highest BCUT2D eigenvalue weighted by molar-refractivity contribution is 5.85. The van der Waals surface area contributed by atoms with E-state index in [1.54, 1.807) is 6.07 Å². The van der Waals surface area contributed by atoms with Gasteiger partial charge in [-0.15, -0.1) is 0 Å². The van der Waals surface area contributed by atoms with E-state index in [-0.39, 0.29) is 12.2 Å². The highest BCUT2D eigenvalue weighted by Crippen LogP contribution is 2.20. The van der Waals surface area contributed by atoms with E-state index in [9.17, 15) is 4.79 Å². The van der Waals surface area contributed by atoms with E-state index in [4.69, 9.17) is 10.2 Å². The summed E-state index contributed by atoms with van der Waals surface area (Å²) in [6, 6.07) is 4.63. The maximum atomic E-state index is 10.5. The topological polar surface area (TPSA) is 86.2 Å². The van der Waals surface area contributed by atoms with Gasteiger partial charge in [-0.05, 0) is 12.1 Å². The number of hydrogen-bond acceptors (Lipinski definition) is 3. The average molecular weight is 192 g/mol. The number of phenols is 1. The Morgan fingerprint density at radius 3 is 3.00 bits per heavy atom. The molecule has 14 heavy (non-hydrogen) atoms. The third kappa shape index (κ3) is 1.39. The monoisotopic (exact) mass is 192 g/mol. The second-order valence-electron chi connectivity index (χ2n) is 2.97. The lowest BCUT2D eigenvalue weighted by atomic mass is 10.1. The summed E-state index contributed by atoms with van der Waals surface area (Å²) in [6.07, 6.45) is -0.0960. The van der Waals surface area contributed by atoms with Crippen LogP contribution in [0.25, 0.3) is 10.9 Å². The van der Waals surface area contributed by atoms with Crippen LogP contribution in [0.1, 0.15) is 5.69 Å². The number of aromatic nitrogens is 2. The molecule has 0 atom stereocenters. The minimum Gasteiger partial charge on any atom is -0.508 e. The van der Waals surface area contributed by atoms with E-state index >= 15 is 0 Å². The molecule has 0 aliphatic carbocycles. The van der Waals surface area contributed by atoms with Crippen LogP contribution in [0.15, 0.2) is 18.2 Å². The Kier molecular flexibility index (Phi) is 1.85. The summed E-state index contributed by atoms with van der Waals surface area (Å²) in [5.41, 5.74) is 1.12. The quantitative estimate of drug-likeness (QED) is 0.659. The Morgan fingerprint density at radius 1 is 1.50 bits per heavy atom. The molecule has 2 rings (SSSR count). The standard InChI is InChI=1S/C9H8N2O3/c12-5-1-2-6-7(3-5)10-11-8(6)4-9(13)14/h1-3,12H,4H2,(H,10,11)(H,13,14). The van der Waals surface area contributed by atoms with Gasteiger partial charge in [-0.25, -0.2) is 0 Å². The van der Waals surface area contributed by atoms with Crippen LogP contribution in [0.4, 0.5) is 0 Å². The maximum absolute atomic E-state index is 10.5. The first kappa shape index (κ1) is 8.55. The highest BCUT2D eigenvalue weighted by Gasteiger charge is 2.08. The van der Waals surface area contributed by atoms with Crippen molar-refractivity contribution in [3.63, 3.8) is 0 Å². The van der Waals surface area contributed by atoms with E-state index in [0.29, 0.717) is 11.2 Å². The lowest BCUT2D eigenvalue weighted by Gasteiger charge is -1.93. The Balaban J connectivity index is 2.52. The summed E-state index contributed by atoms with van der Waals surface area (Å²) in [5, 5.41) is 25.0. The summed E-state index contributed by atoms with van der Waals surface area (Å²) >= 11 is 0. The van der Waals surface area contributed by atoms with Gasteiger partial charge in [0, 0.05) is 11.5 Å². The number of phenolic OH excluding ortho intramolecular Hbond substituents is 1. The smallest absolute Gasteiger partial charge is 0.309 e. The Hall–Kier alpha value is -2.04. The number of H-pyrrole nitrogens is 1. The van der Waals surface area contributed by atoms with E-state index in [2.05, 4.69) is 10.2 Å². The van der Waals surface area contributed by atoms with Gasteiger partial charge >= 0.3 is 5.97 Å². The maximum Gasteiger partial charge on any atom is 0.309 e. The third-order valence-electron chi connectivity index (χ3n) is 1.95. The average Bonchev–Trinajstić information content (AvgIpc) is 2.47. The van der Waals surface area contributed by atoms with Crippen LogP contribution in [0.2, 0.25) is 0 Å². The second-order valence-corrected chi connectivity index (χ2v) is 2.97. The number of hydrogen-bond donors (Lipinski definition) is 3. The number of nitrogens with one attached hydrogen (secondary N) is 1. The van der Waals surface area contributed by atoms with E-state index in [1.165, 1.54) is 12.1 Å². The number of nitrogens with zero attached hydrogens (tertiary/aromatic N) is 1. The molecule has 3 N–H and O–H groups in total. The van der Waals surface area contributed by atoms with Crippen molar-refractivity contribution in [1.82, 2.24) is 10.2 Å². The van der Waals surface area contributed by atoms with Crippen LogP contribution in [-0.2, 0) is 11.2 Å². The molecular formula is C9H8N2O3. The van der Waals surface area contributed by atoms with E-state index < -0.39 is 5.97 Å². The molecule has 1 heterocycles. The van der Waals surface area contributed by atoms with Gasteiger partial charge in [0.2, 0.25) is 0 Å². The fourth-order valence-corrected chi connectivity index (χ4v) is 1.34. The predicted octanol–water partition coefficient (Wildman–Crippen LogP) is 0.896. The van der Waals surface area contributed by atoms with Crippen molar-refractivity contribution in [2.75, 3.05) is 0 Å². The molecule has 0 amide bonds. The number of carbonyl (C=O) groups is 1. The molecule has 0 aliphatic heterocycles. The molecule has 0 aliphatic rings. The van der Waals surface area contributed by atoms with Crippen molar-refractivity contribution >= 4 is 16.9 Å². The van der Waals surface area contributed by atoms with Crippen LogP contribution >= 0.6 is 0 Å². The molecule has 5 nitrogen and oxygen atoms in total. The highest BCUT2D eigenvalue weighted by atomic mass is 16.4. The van der Waals surface area contributed by atoms with Crippen LogP contribution in [0, 0.1) is 0 Å². The lowest BCUT2D eigenvalue weighted by Crippen LogP contribution is -2.00. The van der Waals surface area contributed by atoms with Gasteiger partial charge in [0.1, 0.15) is 5.75 Å². The molecule has 1 aromatic carbocycles.